The number of nitrogen functional groups attached to an aromatic ring is 1. The minimum atomic E-state index is -0.560. The molecule has 0 unspecified atom stereocenters. The van der Waals surface area contributed by atoms with E-state index in [-0.39, 0.29) is 11.6 Å². The molecule has 1 atom stereocenters. The lowest BCUT2D eigenvalue weighted by Crippen LogP contribution is -2.29. The molecule has 0 bridgehead atoms. The number of likely N-dealkylation sites (tertiary alicyclic amines) is 1. The summed E-state index contributed by atoms with van der Waals surface area (Å²) >= 11 is 3.14. The first kappa shape index (κ1) is 12.3. The summed E-state index contributed by atoms with van der Waals surface area (Å²) in [5.74, 6) is -0.810. The molecule has 1 heterocycles. The molecule has 2 rings (SSSR count). The minimum Gasteiger partial charge on any atom is -0.396 e. The maximum Gasteiger partial charge on any atom is 0.255 e. The number of halogens is 2. The van der Waals surface area contributed by atoms with Gasteiger partial charge in [0.1, 0.15) is 5.82 Å². The van der Waals surface area contributed by atoms with Crippen molar-refractivity contribution in [3.63, 3.8) is 0 Å². The molecule has 1 aromatic rings. The monoisotopic (exact) mass is 302 g/mol. The zero-order valence-electron chi connectivity index (χ0n) is 8.99. The number of aliphatic hydroxyl groups excluding tert-OH is 1. The van der Waals surface area contributed by atoms with Crippen LogP contribution in [0.5, 0.6) is 0 Å². The van der Waals surface area contributed by atoms with Crippen LogP contribution in [0, 0.1) is 5.82 Å². The van der Waals surface area contributed by atoms with Gasteiger partial charge in [-0.25, -0.2) is 4.39 Å². The van der Waals surface area contributed by atoms with Gasteiger partial charge in [-0.05, 0) is 34.5 Å². The van der Waals surface area contributed by atoms with Crippen LogP contribution in [0.25, 0.3) is 0 Å². The van der Waals surface area contributed by atoms with Crippen LogP contribution in [0.2, 0.25) is 0 Å². The van der Waals surface area contributed by atoms with Crippen LogP contribution in [0.3, 0.4) is 0 Å². The van der Waals surface area contributed by atoms with Gasteiger partial charge in [0.25, 0.3) is 5.91 Å². The fourth-order valence-corrected chi connectivity index (χ4v) is 2.31. The molecule has 1 fully saturated rings. The van der Waals surface area contributed by atoms with E-state index in [9.17, 15) is 14.3 Å². The number of aliphatic hydroxyl groups is 1. The summed E-state index contributed by atoms with van der Waals surface area (Å²) < 4.78 is 13.5. The molecule has 0 spiro atoms. The SMILES string of the molecule is Nc1cc(C(=O)N2CC[C@H](O)C2)c(Br)cc1F. The van der Waals surface area contributed by atoms with E-state index in [1.165, 1.54) is 17.0 Å². The summed E-state index contributed by atoms with van der Waals surface area (Å²) in [6.07, 6.45) is 0.0931. The molecule has 92 valence electrons. The third-order valence-corrected chi connectivity index (χ3v) is 3.42. The highest BCUT2D eigenvalue weighted by atomic mass is 79.9. The average Bonchev–Trinajstić information content (AvgIpc) is 2.69. The molecule has 1 aromatic carbocycles. The number of anilines is 1. The first-order valence-electron chi connectivity index (χ1n) is 5.21. The Morgan fingerprint density at radius 2 is 2.29 bits per heavy atom. The number of carbonyl (C=O) groups excluding carboxylic acids is 1. The van der Waals surface area contributed by atoms with Gasteiger partial charge in [0.05, 0.1) is 17.4 Å². The van der Waals surface area contributed by atoms with Gasteiger partial charge in [0.2, 0.25) is 0 Å². The number of hydrogen-bond donors (Lipinski definition) is 2. The Morgan fingerprint density at radius 3 is 2.88 bits per heavy atom. The van der Waals surface area contributed by atoms with Gasteiger partial charge >= 0.3 is 0 Å². The summed E-state index contributed by atoms with van der Waals surface area (Å²) in [4.78, 5) is 13.6. The molecule has 0 saturated carbocycles. The van der Waals surface area contributed by atoms with Crippen molar-refractivity contribution in [1.82, 2.24) is 4.90 Å². The van der Waals surface area contributed by atoms with Crippen LogP contribution >= 0.6 is 15.9 Å². The largest absolute Gasteiger partial charge is 0.396 e. The number of hydrogen-bond acceptors (Lipinski definition) is 3. The van der Waals surface area contributed by atoms with Gasteiger partial charge in [-0.15, -0.1) is 0 Å². The molecule has 0 radical (unpaired) electrons. The highest BCUT2D eigenvalue weighted by Crippen LogP contribution is 2.25. The molecule has 17 heavy (non-hydrogen) atoms. The molecule has 1 saturated heterocycles. The lowest BCUT2D eigenvalue weighted by atomic mass is 10.1. The Bertz CT molecular complexity index is 467. The van der Waals surface area contributed by atoms with Crippen LogP contribution < -0.4 is 5.73 Å². The second-order valence-corrected chi connectivity index (χ2v) is 4.90. The highest BCUT2D eigenvalue weighted by Gasteiger charge is 2.27. The number of nitrogens with zero attached hydrogens (tertiary/aromatic N) is 1. The van der Waals surface area contributed by atoms with Gasteiger partial charge in [0.15, 0.2) is 0 Å². The third kappa shape index (κ3) is 2.42. The normalized spacial score (nSPS) is 19.7. The molecule has 0 aliphatic carbocycles. The second-order valence-electron chi connectivity index (χ2n) is 4.05. The minimum absolute atomic E-state index is 0.0590. The molecule has 0 aromatic heterocycles. The van der Waals surface area contributed by atoms with Gasteiger partial charge in [-0.3, -0.25) is 4.79 Å². The summed E-state index contributed by atoms with van der Waals surface area (Å²) in [7, 11) is 0. The Kier molecular flexibility index (Phi) is 3.35. The van der Waals surface area contributed by atoms with Crippen molar-refractivity contribution >= 4 is 27.5 Å². The van der Waals surface area contributed by atoms with E-state index in [0.29, 0.717) is 29.5 Å². The number of amides is 1. The quantitative estimate of drug-likeness (QED) is 0.770. The van der Waals surface area contributed by atoms with E-state index in [0.717, 1.165) is 0 Å². The molecule has 1 aliphatic rings. The maximum atomic E-state index is 13.1. The van der Waals surface area contributed by atoms with E-state index in [1.807, 2.05) is 0 Å². The first-order chi connectivity index (χ1) is 7.99. The molecule has 4 nitrogen and oxygen atoms in total. The van der Waals surface area contributed by atoms with Crippen LogP contribution in [-0.2, 0) is 0 Å². The fraction of sp³-hybridized carbons (Fsp3) is 0.364. The van der Waals surface area contributed by atoms with Crippen molar-refractivity contribution in [2.24, 2.45) is 0 Å². The van der Waals surface area contributed by atoms with Crippen molar-refractivity contribution < 1.29 is 14.3 Å². The zero-order chi connectivity index (χ0) is 12.6. The van der Waals surface area contributed by atoms with E-state index in [4.69, 9.17) is 5.73 Å². The van der Waals surface area contributed by atoms with Crippen LogP contribution in [-0.4, -0.2) is 35.1 Å². The predicted molar refractivity (Wildman–Crippen MR) is 65.0 cm³/mol. The third-order valence-electron chi connectivity index (χ3n) is 2.77. The van der Waals surface area contributed by atoms with Crippen LogP contribution in [0.15, 0.2) is 16.6 Å². The average molecular weight is 303 g/mol. The lowest BCUT2D eigenvalue weighted by molar-refractivity contribution is 0.0764. The van der Waals surface area contributed by atoms with Gasteiger partial charge in [-0.2, -0.15) is 0 Å². The lowest BCUT2D eigenvalue weighted by Gasteiger charge is -2.16. The number of nitrogens with two attached hydrogens (primary N) is 1. The molecule has 1 amide bonds. The number of β-amino-alcohol motifs (C(OH)–C–C–N with tert-alkyl or cyclic N) is 1. The first-order valence-corrected chi connectivity index (χ1v) is 6.00. The molecular weight excluding hydrogens is 291 g/mol. The van der Waals surface area contributed by atoms with Crippen LogP contribution in [0.1, 0.15) is 16.8 Å². The Morgan fingerprint density at radius 1 is 1.59 bits per heavy atom. The molecule has 3 N–H and O–H groups in total. The van der Waals surface area contributed by atoms with Gasteiger partial charge in [-0.1, -0.05) is 0 Å². The Labute approximate surface area is 106 Å². The van der Waals surface area contributed by atoms with E-state index < -0.39 is 11.9 Å². The summed E-state index contributed by atoms with van der Waals surface area (Å²) in [6, 6.07) is 2.49. The topological polar surface area (TPSA) is 66.6 Å². The van der Waals surface area contributed by atoms with Crippen molar-refractivity contribution in [2.75, 3.05) is 18.8 Å². The van der Waals surface area contributed by atoms with Crippen molar-refractivity contribution in [2.45, 2.75) is 12.5 Å². The Balaban J connectivity index is 2.28. The van der Waals surface area contributed by atoms with Gasteiger partial charge in [0, 0.05) is 17.6 Å². The number of benzene rings is 1. The van der Waals surface area contributed by atoms with E-state index in [1.54, 1.807) is 0 Å². The fourth-order valence-electron chi connectivity index (χ4n) is 1.83. The van der Waals surface area contributed by atoms with Crippen molar-refractivity contribution in [3.8, 4) is 0 Å². The summed E-state index contributed by atoms with van der Waals surface area (Å²) in [5, 5.41) is 9.37. The van der Waals surface area contributed by atoms with Crippen LogP contribution in [0.4, 0.5) is 10.1 Å². The maximum absolute atomic E-state index is 13.1. The second kappa shape index (κ2) is 4.62. The predicted octanol–water partition coefficient (Wildman–Crippen LogP) is 1.38. The standard InChI is InChI=1S/C11H12BrFN2O2/c12-8-4-9(13)10(14)3-7(8)11(17)15-2-1-6(16)5-15/h3-4,6,16H,1-2,5,14H2/t6-/m0/s1. The highest BCUT2D eigenvalue weighted by molar-refractivity contribution is 9.10. The smallest absolute Gasteiger partial charge is 0.255 e. The van der Waals surface area contributed by atoms with E-state index in [2.05, 4.69) is 15.9 Å². The van der Waals surface area contributed by atoms with Crippen molar-refractivity contribution in [1.29, 1.82) is 0 Å². The molecule has 1 aliphatic heterocycles. The number of rotatable bonds is 1. The van der Waals surface area contributed by atoms with E-state index >= 15 is 0 Å². The number of carbonyl (C=O) groups is 1. The Hall–Kier alpha value is -1.14. The summed E-state index contributed by atoms with van der Waals surface area (Å²) in [5.41, 5.74) is 5.70. The zero-order valence-corrected chi connectivity index (χ0v) is 10.6. The molecule has 6 heteroatoms. The van der Waals surface area contributed by atoms with Crippen molar-refractivity contribution in [3.05, 3.63) is 28.0 Å². The van der Waals surface area contributed by atoms with Gasteiger partial charge < -0.3 is 15.7 Å². The summed E-state index contributed by atoms with van der Waals surface area (Å²) in [6.45, 7) is 0.812. The molecular formula is C11H12BrFN2O2.